The molecule has 5 rings (SSSR count). The van der Waals surface area contributed by atoms with Crippen molar-refractivity contribution in [1.29, 1.82) is 0 Å². The van der Waals surface area contributed by atoms with Gasteiger partial charge in [-0.25, -0.2) is 0 Å². The maximum absolute atomic E-state index is 12.3. The Morgan fingerprint density at radius 3 is 1.83 bits per heavy atom. The fourth-order valence-electron chi connectivity index (χ4n) is 4.17. The fourth-order valence-corrected chi connectivity index (χ4v) is 4.83. The highest BCUT2D eigenvalue weighted by Gasteiger charge is 2.23. The van der Waals surface area contributed by atoms with E-state index in [-0.39, 0.29) is 33.6 Å². The average molecular weight is 646 g/mol. The average Bonchev–Trinajstić information content (AvgIpc) is 3.00. The number of anilines is 2. The zero-order valence-electron chi connectivity index (χ0n) is 22.9. The first-order valence-corrected chi connectivity index (χ1v) is 14.2. The number of hydrogen-bond acceptors (Lipinski definition) is 14. The SMILES string of the molecule is O=[N+]([O-])c1ccc(O)c(N=Nc2ccccc2Nc2ccc3c(O)c(N=Nc4cc([N+](=O)[O-])ccc4O)c(S(=O)(=O)O)cc3c2)c1. The van der Waals surface area contributed by atoms with Gasteiger partial charge in [0.05, 0.1) is 15.5 Å². The summed E-state index contributed by atoms with van der Waals surface area (Å²) in [6.07, 6.45) is 0. The van der Waals surface area contributed by atoms with Crippen LogP contribution in [0.2, 0.25) is 0 Å². The van der Waals surface area contributed by atoms with Crippen LogP contribution in [0.4, 0.5) is 45.5 Å². The van der Waals surface area contributed by atoms with Gasteiger partial charge in [0, 0.05) is 35.3 Å². The predicted molar refractivity (Wildman–Crippen MR) is 163 cm³/mol. The van der Waals surface area contributed by atoms with Gasteiger partial charge in [-0.1, -0.05) is 12.1 Å². The lowest BCUT2D eigenvalue weighted by Crippen LogP contribution is -1.99. The molecule has 232 valence electrons. The molecule has 0 spiro atoms. The molecular formula is C28H19N7O10S. The Morgan fingerprint density at radius 1 is 0.674 bits per heavy atom. The van der Waals surface area contributed by atoms with Gasteiger partial charge in [0.2, 0.25) is 0 Å². The number of phenols is 3. The highest BCUT2D eigenvalue weighted by molar-refractivity contribution is 7.86. The summed E-state index contributed by atoms with van der Waals surface area (Å²) < 4.78 is 34.5. The summed E-state index contributed by atoms with van der Waals surface area (Å²) in [5, 5.41) is 71.8. The van der Waals surface area contributed by atoms with Gasteiger partial charge < -0.3 is 20.6 Å². The van der Waals surface area contributed by atoms with Crippen LogP contribution in [0.1, 0.15) is 0 Å². The number of rotatable bonds is 9. The number of fused-ring (bicyclic) bond motifs is 1. The van der Waals surface area contributed by atoms with Crippen molar-refractivity contribution in [2.75, 3.05) is 5.32 Å². The third-order valence-corrected chi connectivity index (χ3v) is 7.24. The van der Waals surface area contributed by atoms with E-state index in [0.717, 1.165) is 42.5 Å². The summed E-state index contributed by atoms with van der Waals surface area (Å²) in [6.45, 7) is 0. The van der Waals surface area contributed by atoms with E-state index in [0.29, 0.717) is 11.4 Å². The topological polar surface area (TPSA) is 263 Å². The Morgan fingerprint density at radius 2 is 1.24 bits per heavy atom. The molecule has 0 bridgehead atoms. The molecule has 0 aliphatic heterocycles. The van der Waals surface area contributed by atoms with E-state index in [9.17, 15) is 48.5 Å². The first-order valence-electron chi connectivity index (χ1n) is 12.7. The lowest BCUT2D eigenvalue weighted by Gasteiger charge is -2.12. The first-order chi connectivity index (χ1) is 21.8. The summed E-state index contributed by atoms with van der Waals surface area (Å²) in [5.74, 6) is -1.54. The molecule has 0 saturated carbocycles. The van der Waals surface area contributed by atoms with Crippen molar-refractivity contribution in [3.8, 4) is 17.2 Å². The Hall–Kier alpha value is -6.53. The molecule has 0 radical (unpaired) electrons. The number of benzene rings is 5. The number of non-ortho nitro benzene ring substituents is 2. The van der Waals surface area contributed by atoms with Crippen LogP contribution in [0.3, 0.4) is 0 Å². The number of aromatic hydroxyl groups is 3. The van der Waals surface area contributed by atoms with Crippen molar-refractivity contribution in [1.82, 2.24) is 0 Å². The van der Waals surface area contributed by atoms with E-state index in [1.807, 2.05) is 0 Å². The van der Waals surface area contributed by atoms with Gasteiger partial charge in [-0.05, 0) is 53.9 Å². The molecule has 5 N–H and O–H groups in total. The van der Waals surface area contributed by atoms with E-state index in [4.69, 9.17) is 0 Å². The summed E-state index contributed by atoms with van der Waals surface area (Å²) in [4.78, 5) is 19.9. The van der Waals surface area contributed by atoms with Gasteiger partial charge in [0.1, 0.15) is 39.1 Å². The number of nitro benzene ring substituents is 2. The number of nitro groups is 2. The molecule has 0 saturated heterocycles. The van der Waals surface area contributed by atoms with Crippen LogP contribution in [-0.4, -0.2) is 38.1 Å². The van der Waals surface area contributed by atoms with Gasteiger partial charge in [0.15, 0.2) is 5.75 Å². The molecular weight excluding hydrogens is 626 g/mol. The van der Waals surface area contributed by atoms with E-state index in [1.54, 1.807) is 24.3 Å². The molecule has 5 aromatic rings. The van der Waals surface area contributed by atoms with Crippen LogP contribution in [0.15, 0.2) is 110 Å². The Balaban J connectivity index is 1.51. The molecule has 0 aromatic heterocycles. The molecule has 5 aromatic carbocycles. The molecule has 0 atom stereocenters. The molecule has 0 unspecified atom stereocenters. The summed E-state index contributed by atoms with van der Waals surface area (Å²) >= 11 is 0. The number of azo groups is 2. The Bertz CT molecular complexity index is 2220. The third-order valence-electron chi connectivity index (χ3n) is 6.37. The van der Waals surface area contributed by atoms with Crippen molar-refractivity contribution >= 4 is 66.4 Å². The first kappa shape index (κ1) is 30.9. The van der Waals surface area contributed by atoms with Crippen molar-refractivity contribution < 1.29 is 38.1 Å². The number of phenolic OH excluding ortho intramolecular Hbond substituents is 3. The predicted octanol–water partition coefficient (Wildman–Crippen LogP) is 7.59. The van der Waals surface area contributed by atoms with Crippen LogP contribution >= 0.6 is 0 Å². The second kappa shape index (κ2) is 12.2. The Labute approximate surface area is 257 Å². The lowest BCUT2D eigenvalue weighted by atomic mass is 10.1. The van der Waals surface area contributed by atoms with Crippen LogP contribution in [0, 0.1) is 20.2 Å². The number of hydrogen-bond donors (Lipinski definition) is 5. The zero-order chi connectivity index (χ0) is 33.2. The second-order valence-electron chi connectivity index (χ2n) is 9.39. The molecule has 46 heavy (non-hydrogen) atoms. The smallest absolute Gasteiger partial charge is 0.296 e. The summed E-state index contributed by atoms with van der Waals surface area (Å²) in [6, 6.07) is 18.1. The number of nitrogens with one attached hydrogen (secondary N) is 1. The minimum Gasteiger partial charge on any atom is -0.506 e. The minimum atomic E-state index is -5.00. The highest BCUT2D eigenvalue weighted by Crippen LogP contribution is 2.43. The van der Waals surface area contributed by atoms with Crippen LogP contribution in [-0.2, 0) is 10.1 Å². The summed E-state index contributed by atoms with van der Waals surface area (Å²) in [5.41, 5.74) is -0.945. The third kappa shape index (κ3) is 6.51. The minimum absolute atomic E-state index is 0.0873. The standard InChI is InChI=1S/C28H19N7O10S/c36-24-9-6-17(34(39)40)13-22(24)31-30-21-4-2-1-3-20(21)29-16-5-8-19-15(11-16)12-26(46(43,44)45)27(28(19)38)33-32-23-14-18(35(41)42)7-10-25(23)37/h1-14,29,36-38H,(H,43,44,45). The Kier molecular flexibility index (Phi) is 8.22. The fraction of sp³-hybridized carbons (Fsp3) is 0. The van der Waals surface area contributed by atoms with E-state index < -0.39 is 53.4 Å². The molecule has 0 aliphatic rings. The van der Waals surface area contributed by atoms with Crippen LogP contribution in [0.5, 0.6) is 17.2 Å². The normalized spacial score (nSPS) is 11.8. The zero-order valence-corrected chi connectivity index (χ0v) is 23.7. The van der Waals surface area contributed by atoms with Crippen molar-refractivity contribution in [3.63, 3.8) is 0 Å². The lowest BCUT2D eigenvalue weighted by molar-refractivity contribution is -0.385. The largest absolute Gasteiger partial charge is 0.506 e. The van der Waals surface area contributed by atoms with Gasteiger partial charge in [-0.2, -0.15) is 8.42 Å². The van der Waals surface area contributed by atoms with Crippen molar-refractivity contribution in [2.24, 2.45) is 20.5 Å². The van der Waals surface area contributed by atoms with Gasteiger partial charge >= 0.3 is 0 Å². The molecule has 0 fully saturated rings. The molecule has 18 heteroatoms. The quantitative estimate of drug-likeness (QED) is 0.0451. The van der Waals surface area contributed by atoms with E-state index >= 15 is 0 Å². The molecule has 17 nitrogen and oxygen atoms in total. The number of nitrogens with zero attached hydrogens (tertiary/aromatic N) is 6. The van der Waals surface area contributed by atoms with Crippen molar-refractivity contribution in [3.05, 3.63) is 105 Å². The molecule has 0 aliphatic carbocycles. The van der Waals surface area contributed by atoms with Crippen LogP contribution < -0.4 is 5.32 Å². The second-order valence-corrected chi connectivity index (χ2v) is 10.8. The van der Waals surface area contributed by atoms with E-state index in [1.165, 1.54) is 18.2 Å². The van der Waals surface area contributed by atoms with Gasteiger partial charge in [-0.3, -0.25) is 24.8 Å². The molecule has 0 heterocycles. The monoisotopic (exact) mass is 645 g/mol. The molecule has 0 amide bonds. The van der Waals surface area contributed by atoms with Gasteiger partial charge in [-0.15, -0.1) is 20.5 Å². The highest BCUT2D eigenvalue weighted by atomic mass is 32.2. The maximum atomic E-state index is 12.3. The van der Waals surface area contributed by atoms with E-state index in [2.05, 4.69) is 25.8 Å². The number of para-hydroxylation sites is 1. The maximum Gasteiger partial charge on any atom is 0.296 e. The summed E-state index contributed by atoms with van der Waals surface area (Å²) in [7, 11) is -5.00. The van der Waals surface area contributed by atoms with Crippen molar-refractivity contribution in [2.45, 2.75) is 4.90 Å². The van der Waals surface area contributed by atoms with Crippen LogP contribution in [0.25, 0.3) is 10.8 Å². The van der Waals surface area contributed by atoms with Gasteiger partial charge in [0.25, 0.3) is 21.5 Å².